The first-order chi connectivity index (χ1) is 17.6. The van der Waals surface area contributed by atoms with Gasteiger partial charge in [0.05, 0.1) is 12.4 Å². The van der Waals surface area contributed by atoms with Crippen LogP contribution in [0.5, 0.6) is 5.75 Å². The van der Waals surface area contributed by atoms with E-state index in [1.165, 1.54) is 30.2 Å². The van der Waals surface area contributed by atoms with Crippen LogP contribution >= 0.6 is 24.4 Å². The first-order valence-corrected chi connectivity index (χ1v) is 13.4. The van der Waals surface area contributed by atoms with Crippen molar-refractivity contribution in [1.82, 2.24) is 25.9 Å². The number of phenolic OH excluding ortho intramolecular Hbond substituents is 1. The summed E-state index contributed by atoms with van der Waals surface area (Å²) in [4.78, 5) is 56.9. The second-order valence-electron chi connectivity index (χ2n) is 8.24. The number of aromatic nitrogens is 2. The smallest absolute Gasteiger partial charge is 0.326 e. The molecule has 0 fully saturated rings. The number of carbonyl (C=O) groups is 4. The molecule has 2 rings (SSSR count). The van der Waals surface area contributed by atoms with E-state index in [9.17, 15) is 29.4 Å². The lowest BCUT2D eigenvalue weighted by atomic mass is 10.1. The van der Waals surface area contributed by atoms with Gasteiger partial charge < -0.3 is 36.9 Å². The number of nitrogens with one attached hydrogen (secondary N) is 4. The van der Waals surface area contributed by atoms with Gasteiger partial charge in [-0.3, -0.25) is 14.4 Å². The molecule has 2 aromatic rings. The topological polar surface area (TPSA) is 200 Å². The minimum atomic E-state index is -1.27. The van der Waals surface area contributed by atoms with E-state index in [0.29, 0.717) is 17.0 Å². The number of aliphatic carboxylic acids is 1. The summed E-state index contributed by atoms with van der Waals surface area (Å²) in [7, 11) is 0. The third kappa shape index (κ3) is 9.98. The van der Waals surface area contributed by atoms with Crippen LogP contribution in [0.2, 0.25) is 0 Å². The predicted octanol–water partition coefficient (Wildman–Crippen LogP) is -0.550. The van der Waals surface area contributed by atoms with Crippen LogP contribution in [0, 0.1) is 0 Å². The molecule has 1 heterocycles. The number of phenols is 1. The number of hydrogen-bond acceptors (Lipinski definition) is 9. The first-order valence-electron chi connectivity index (χ1n) is 11.4. The Kier molecular flexibility index (Phi) is 12.3. The van der Waals surface area contributed by atoms with Crippen molar-refractivity contribution < 1.29 is 29.4 Å². The van der Waals surface area contributed by atoms with Crippen LogP contribution in [0.25, 0.3) is 0 Å². The van der Waals surface area contributed by atoms with Crippen molar-refractivity contribution >= 4 is 48.1 Å². The van der Waals surface area contributed by atoms with Crippen molar-refractivity contribution in [2.75, 3.05) is 17.8 Å². The number of aromatic hydroxyl groups is 1. The van der Waals surface area contributed by atoms with Gasteiger partial charge in [0.25, 0.3) is 0 Å². The fourth-order valence-electron chi connectivity index (χ4n) is 3.32. The van der Waals surface area contributed by atoms with Gasteiger partial charge >= 0.3 is 5.97 Å². The summed E-state index contributed by atoms with van der Waals surface area (Å²) in [6, 6.07) is 1.61. The van der Waals surface area contributed by atoms with Crippen molar-refractivity contribution in [3.05, 3.63) is 48.0 Å². The lowest BCUT2D eigenvalue weighted by molar-refractivity contribution is -0.142. The van der Waals surface area contributed by atoms with Crippen LogP contribution in [0.4, 0.5) is 0 Å². The second-order valence-corrected chi connectivity index (χ2v) is 9.59. The molecular weight excluding hydrogens is 520 g/mol. The third-order valence-corrected chi connectivity index (χ3v) is 6.39. The molecule has 14 heteroatoms. The van der Waals surface area contributed by atoms with Gasteiger partial charge in [0.1, 0.15) is 23.9 Å². The number of benzene rings is 1. The zero-order chi connectivity index (χ0) is 27.4. The van der Waals surface area contributed by atoms with E-state index in [0.717, 1.165) is 0 Å². The number of hydrogen-bond donors (Lipinski definition) is 8. The monoisotopic (exact) mass is 552 g/mol. The zero-order valence-corrected chi connectivity index (χ0v) is 21.9. The average Bonchev–Trinajstić information content (AvgIpc) is 3.38. The highest BCUT2D eigenvalue weighted by Gasteiger charge is 2.30. The van der Waals surface area contributed by atoms with Crippen molar-refractivity contribution in [2.24, 2.45) is 5.73 Å². The van der Waals surface area contributed by atoms with Gasteiger partial charge in [0.2, 0.25) is 17.7 Å². The Morgan fingerprint density at radius 2 is 1.65 bits per heavy atom. The molecule has 0 bridgehead atoms. The van der Waals surface area contributed by atoms with E-state index in [1.54, 1.807) is 18.3 Å². The number of aromatic amines is 1. The number of imidazole rings is 1. The lowest BCUT2D eigenvalue weighted by Gasteiger charge is -2.24. The van der Waals surface area contributed by atoms with Gasteiger partial charge in [-0.15, -0.1) is 0 Å². The number of rotatable bonds is 15. The number of carbonyl (C=O) groups excluding carboxylic acids is 3. The standard InChI is InChI=1S/C23H32N6O6S2/c1-37-7-6-17(27-20(31)16(24)9-14-10-25-12-26-14)21(32)29-19(11-36)22(33)28-18(23(34)35)8-13-2-4-15(30)5-3-13/h2-5,10,12,16-19,30,36H,6-9,11,24H2,1H3,(H,25,26)(H,27,31)(H,28,33)(H,29,32)(H,34,35). The molecule has 12 nitrogen and oxygen atoms in total. The Morgan fingerprint density at radius 3 is 2.22 bits per heavy atom. The lowest BCUT2D eigenvalue weighted by Crippen LogP contribution is -2.58. The normalized spacial score (nSPS) is 14.1. The Hall–Kier alpha value is -3.23. The molecule has 4 atom stereocenters. The summed E-state index contributed by atoms with van der Waals surface area (Å²) in [6.45, 7) is 0. The van der Waals surface area contributed by atoms with Crippen LogP contribution < -0.4 is 21.7 Å². The molecule has 3 amide bonds. The van der Waals surface area contributed by atoms with Gasteiger partial charge in [0.15, 0.2) is 0 Å². The fraction of sp³-hybridized carbons (Fsp3) is 0.435. The average molecular weight is 553 g/mol. The largest absolute Gasteiger partial charge is 0.508 e. The molecule has 202 valence electrons. The highest BCUT2D eigenvalue weighted by molar-refractivity contribution is 7.98. The zero-order valence-electron chi connectivity index (χ0n) is 20.2. The fourth-order valence-corrected chi connectivity index (χ4v) is 4.04. The molecule has 0 radical (unpaired) electrons. The van der Waals surface area contributed by atoms with Crippen molar-refractivity contribution in [3.8, 4) is 5.75 Å². The summed E-state index contributed by atoms with van der Waals surface area (Å²) < 4.78 is 0. The second kappa shape index (κ2) is 15.1. The predicted molar refractivity (Wildman–Crippen MR) is 142 cm³/mol. The van der Waals surface area contributed by atoms with E-state index in [-0.39, 0.29) is 30.8 Å². The van der Waals surface area contributed by atoms with Crippen LogP contribution in [0.1, 0.15) is 17.7 Å². The Morgan fingerprint density at radius 1 is 1.03 bits per heavy atom. The summed E-state index contributed by atoms with van der Waals surface area (Å²) in [5, 5.41) is 26.6. The summed E-state index contributed by atoms with van der Waals surface area (Å²) >= 11 is 5.61. The number of nitrogens with zero attached hydrogens (tertiary/aromatic N) is 1. The van der Waals surface area contributed by atoms with Crippen molar-refractivity contribution in [1.29, 1.82) is 0 Å². The molecule has 0 aliphatic heterocycles. The molecule has 8 N–H and O–H groups in total. The summed E-state index contributed by atoms with van der Waals surface area (Å²) in [6.07, 6.45) is 5.32. The van der Waals surface area contributed by atoms with E-state index < -0.39 is 47.9 Å². The van der Waals surface area contributed by atoms with E-state index in [2.05, 4.69) is 38.5 Å². The Labute approximate surface area is 224 Å². The quantitative estimate of drug-likeness (QED) is 0.134. The SMILES string of the molecule is CSCCC(NC(=O)C(N)Cc1cnc[nH]1)C(=O)NC(CS)C(=O)NC(Cc1ccc(O)cc1)C(=O)O. The molecule has 0 aliphatic carbocycles. The molecule has 0 aliphatic rings. The highest BCUT2D eigenvalue weighted by atomic mass is 32.2. The van der Waals surface area contributed by atoms with Crippen LogP contribution in [-0.4, -0.2) is 85.8 Å². The molecular formula is C23H32N6O6S2. The number of carboxylic acid groups (broad SMARTS) is 1. The van der Waals surface area contributed by atoms with Gasteiger partial charge in [-0.05, 0) is 36.1 Å². The Bertz CT molecular complexity index is 1040. The number of H-pyrrole nitrogens is 1. The van der Waals surface area contributed by atoms with Crippen LogP contribution in [0.15, 0.2) is 36.8 Å². The van der Waals surface area contributed by atoms with Gasteiger partial charge in [-0.1, -0.05) is 12.1 Å². The Balaban J connectivity index is 2.02. The van der Waals surface area contributed by atoms with Crippen molar-refractivity contribution in [3.63, 3.8) is 0 Å². The number of nitrogens with two attached hydrogens (primary N) is 1. The maximum Gasteiger partial charge on any atom is 0.326 e. The minimum Gasteiger partial charge on any atom is -0.508 e. The maximum atomic E-state index is 13.0. The number of amides is 3. The molecule has 4 unspecified atom stereocenters. The van der Waals surface area contributed by atoms with E-state index in [1.807, 2.05) is 6.26 Å². The number of thioether (sulfide) groups is 1. The van der Waals surface area contributed by atoms with Gasteiger partial charge in [0, 0.05) is 30.5 Å². The number of thiol groups is 1. The molecule has 0 spiro atoms. The van der Waals surface area contributed by atoms with Crippen LogP contribution in [-0.2, 0) is 32.0 Å². The number of carboxylic acids is 1. The van der Waals surface area contributed by atoms with Gasteiger partial charge in [-0.2, -0.15) is 24.4 Å². The molecule has 0 saturated heterocycles. The molecule has 1 aromatic carbocycles. The highest BCUT2D eigenvalue weighted by Crippen LogP contribution is 2.12. The van der Waals surface area contributed by atoms with Gasteiger partial charge in [-0.25, -0.2) is 9.78 Å². The summed E-state index contributed by atoms with van der Waals surface area (Å²) in [5.41, 5.74) is 7.23. The molecule has 37 heavy (non-hydrogen) atoms. The molecule has 1 aromatic heterocycles. The third-order valence-electron chi connectivity index (χ3n) is 5.38. The van der Waals surface area contributed by atoms with E-state index >= 15 is 0 Å². The minimum absolute atomic E-state index is 0.0305. The van der Waals surface area contributed by atoms with Crippen molar-refractivity contribution in [2.45, 2.75) is 43.4 Å². The van der Waals surface area contributed by atoms with E-state index in [4.69, 9.17) is 5.73 Å². The summed E-state index contributed by atoms with van der Waals surface area (Å²) in [5.74, 6) is -2.67. The van der Waals surface area contributed by atoms with Crippen LogP contribution in [0.3, 0.4) is 0 Å². The molecule has 0 saturated carbocycles. The maximum absolute atomic E-state index is 13.0. The first kappa shape index (κ1) is 30.0.